The van der Waals surface area contributed by atoms with Crippen LogP contribution in [0.3, 0.4) is 0 Å². The zero-order valence-corrected chi connectivity index (χ0v) is 24.4. The first-order valence-electron chi connectivity index (χ1n) is 14.2. The highest BCUT2D eigenvalue weighted by Gasteiger charge is 2.21. The summed E-state index contributed by atoms with van der Waals surface area (Å²) in [4.78, 5) is 14.3. The topological polar surface area (TPSA) is 91.0 Å². The van der Waals surface area contributed by atoms with Gasteiger partial charge in [0.15, 0.2) is 0 Å². The molecule has 0 saturated heterocycles. The van der Waals surface area contributed by atoms with E-state index in [4.69, 9.17) is 0 Å². The van der Waals surface area contributed by atoms with Crippen molar-refractivity contribution in [2.45, 2.75) is 24.3 Å². The van der Waals surface area contributed by atoms with Crippen LogP contribution in [0.15, 0.2) is 115 Å². The first-order chi connectivity index (χ1) is 21.0. The summed E-state index contributed by atoms with van der Waals surface area (Å²) in [5, 5.41) is 0. The number of nitrogens with one attached hydrogen (secondary N) is 2. The number of halogens is 1. The molecule has 3 aromatic heterocycles. The largest absolute Gasteiger partial charge is 0.360 e. The molecule has 0 radical (unpaired) electrons. The number of aromatic amines is 1. The molecule has 0 bridgehead atoms. The molecule has 1 aliphatic heterocycles. The van der Waals surface area contributed by atoms with Crippen molar-refractivity contribution >= 4 is 15.6 Å². The lowest BCUT2D eigenvalue weighted by atomic mass is 9.92. The molecule has 9 heteroatoms. The number of sulfonamides is 1. The van der Waals surface area contributed by atoms with E-state index >= 15 is 0 Å². The predicted octanol–water partition coefficient (Wildman–Crippen LogP) is 6.09. The van der Waals surface area contributed by atoms with E-state index < -0.39 is 10.0 Å². The third-order valence-corrected chi connectivity index (χ3v) is 9.18. The lowest BCUT2D eigenvalue weighted by Crippen LogP contribution is -2.30. The number of H-pyrrole nitrogens is 1. The molecule has 5 aromatic rings. The minimum atomic E-state index is -3.60. The Morgan fingerprint density at radius 3 is 2.37 bits per heavy atom. The van der Waals surface area contributed by atoms with Crippen molar-refractivity contribution in [1.82, 2.24) is 24.6 Å². The van der Waals surface area contributed by atoms with Gasteiger partial charge in [-0.2, -0.15) is 0 Å². The Hall–Kier alpha value is -4.44. The zero-order chi connectivity index (χ0) is 29.6. The van der Waals surface area contributed by atoms with Gasteiger partial charge >= 0.3 is 0 Å². The number of rotatable bonds is 10. The summed E-state index contributed by atoms with van der Waals surface area (Å²) < 4.78 is 41.7. The van der Waals surface area contributed by atoms with Crippen LogP contribution in [0.2, 0.25) is 0 Å². The molecule has 0 saturated carbocycles. The standard InChI is InChI=1S/C34H32FN5O2S/c35-30-7-5-29(6-8-30)34-33(28-11-17-36-18-12-28)32(24-38-34)27-14-20-40(21-15-27)19-13-25-3-9-31(10-4-25)43(41,42)39-23-26-2-1-16-37-22-26/h1-12,14,16-18,22,24,38-39H,13,15,19-21,23H2. The fourth-order valence-electron chi connectivity index (χ4n) is 5.39. The van der Waals surface area contributed by atoms with Crippen molar-refractivity contribution in [3.8, 4) is 22.4 Å². The molecule has 218 valence electrons. The van der Waals surface area contributed by atoms with Gasteiger partial charge in [-0.3, -0.25) is 14.9 Å². The number of aromatic nitrogens is 3. The Morgan fingerprint density at radius 1 is 0.884 bits per heavy atom. The monoisotopic (exact) mass is 593 g/mol. The third-order valence-electron chi connectivity index (χ3n) is 7.76. The molecule has 0 spiro atoms. The van der Waals surface area contributed by atoms with Gasteiger partial charge in [-0.05, 0) is 95.3 Å². The van der Waals surface area contributed by atoms with Crippen molar-refractivity contribution in [3.63, 3.8) is 0 Å². The highest BCUT2D eigenvalue weighted by Crippen LogP contribution is 2.39. The Kier molecular flexibility index (Phi) is 8.55. The fourth-order valence-corrected chi connectivity index (χ4v) is 6.40. The average Bonchev–Trinajstić information content (AvgIpc) is 3.50. The molecule has 0 unspecified atom stereocenters. The van der Waals surface area contributed by atoms with Crippen molar-refractivity contribution < 1.29 is 12.8 Å². The fraction of sp³-hybridized carbons (Fsp3) is 0.176. The summed E-state index contributed by atoms with van der Waals surface area (Å²) in [5.41, 5.74) is 8.38. The second kappa shape index (κ2) is 12.8. The summed E-state index contributed by atoms with van der Waals surface area (Å²) >= 11 is 0. The molecule has 0 fully saturated rings. The van der Waals surface area contributed by atoms with Gasteiger partial charge in [-0.25, -0.2) is 17.5 Å². The van der Waals surface area contributed by atoms with E-state index in [2.05, 4.69) is 36.8 Å². The Labute approximate surface area is 251 Å². The number of benzene rings is 2. The van der Waals surface area contributed by atoms with Crippen LogP contribution in [0, 0.1) is 5.82 Å². The molecule has 2 N–H and O–H groups in total. The Bertz CT molecular complexity index is 1800. The van der Waals surface area contributed by atoms with Crippen LogP contribution in [0.5, 0.6) is 0 Å². The van der Waals surface area contributed by atoms with Crippen LogP contribution in [0.4, 0.5) is 4.39 Å². The van der Waals surface area contributed by atoms with Gasteiger partial charge < -0.3 is 4.98 Å². The second-order valence-electron chi connectivity index (χ2n) is 10.6. The lowest BCUT2D eigenvalue weighted by Gasteiger charge is -2.26. The molecule has 1 aliphatic rings. The number of pyridine rings is 2. The van der Waals surface area contributed by atoms with Gasteiger partial charge in [0, 0.05) is 68.3 Å². The normalized spacial score (nSPS) is 14.0. The molecule has 4 heterocycles. The van der Waals surface area contributed by atoms with Crippen molar-refractivity contribution in [2.75, 3.05) is 19.6 Å². The van der Waals surface area contributed by atoms with Gasteiger partial charge in [0.2, 0.25) is 10.0 Å². The summed E-state index contributed by atoms with van der Waals surface area (Å²) in [5.74, 6) is -0.258. The summed E-state index contributed by atoms with van der Waals surface area (Å²) in [6.07, 6.45) is 13.0. The van der Waals surface area contributed by atoms with Crippen LogP contribution >= 0.6 is 0 Å². The van der Waals surface area contributed by atoms with E-state index in [0.717, 1.165) is 71.6 Å². The smallest absolute Gasteiger partial charge is 0.240 e. The maximum atomic E-state index is 13.6. The third kappa shape index (κ3) is 6.80. The van der Waals surface area contributed by atoms with Gasteiger partial charge in [-0.15, -0.1) is 0 Å². The maximum Gasteiger partial charge on any atom is 0.240 e. The number of hydrogen-bond donors (Lipinski definition) is 2. The van der Waals surface area contributed by atoms with Crippen molar-refractivity contribution in [3.05, 3.63) is 132 Å². The Balaban J connectivity index is 1.10. The second-order valence-corrected chi connectivity index (χ2v) is 12.3. The number of hydrogen-bond acceptors (Lipinski definition) is 5. The quantitative estimate of drug-likeness (QED) is 0.205. The van der Waals surface area contributed by atoms with E-state index in [1.165, 1.54) is 17.7 Å². The van der Waals surface area contributed by atoms with E-state index in [1.54, 1.807) is 55.1 Å². The van der Waals surface area contributed by atoms with Crippen LogP contribution in [-0.4, -0.2) is 47.9 Å². The van der Waals surface area contributed by atoms with Crippen LogP contribution in [0.1, 0.15) is 23.1 Å². The lowest BCUT2D eigenvalue weighted by molar-refractivity contribution is 0.306. The SMILES string of the molecule is O=S(=O)(NCc1cccnc1)c1ccc(CCN2CC=C(c3c[nH]c(-c4ccc(F)cc4)c3-c3ccncc3)CC2)cc1. The molecule has 0 atom stereocenters. The molecule has 0 aliphatic carbocycles. The first-order valence-corrected chi connectivity index (χ1v) is 15.7. The average molecular weight is 594 g/mol. The summed E-state index contributed by atoms with van der Waals surface area (Å²) in [6.45, 7) is 2.82. The summed E-state index contributed by atoms with van der Waals surface area (Å²) in [7, 11) is -3.60. The van der Waals surface area contributed by atoms with Gasteiger partial charge in [0.05, 0.1) is 10.6 Å². The minimum absolute atomic E-state index is 0.197. The molecule has 0 amide bonds. The van der Waals surface area contributed by atoms with Gasteiger partial charge in [0.1, 0.15) is 5.82 Å². The van der Waals surface area contributed by atoms with E-state index in [-0.39, 0.29) is 17.3 Å². The highest BCUT2D eigenvalue weighted by molar-refractivity contribution is 7.89. The van der Waals surface area contributed by atoms with E-state index in [9.17, 15) is 12.8 Å². The van der Waals surface area contributed by atoms with Crippen molar-refractivity contribution in [2.24, 2.45) is 0 Å². The first kappa shape index (κ1) is 28.7. The zero-order valence-electron chi connectivity index (χ0n) is 23.6. The van der Waals surface area contributed by atoms with E-state index in [1.807, 2.05) is 30.3 Å². The summed E-state index contributed by atoms with van der Waals surface area (Å²) in [6, 6.07) is 21.3. The molecule has 2 aromatic carbocycles. The predicted molar refractivity (Wildman–Crippen MR) is 167 cm³/mol. The van der Waals surface area contributed by atoms with Crippen LogP contribution < -0.4 is 4.72 Å². The Morgan fingerprint density at radius 2 is 1.67 bits per heavy atom. The van der Waals surface area contributed by atoms with Crippen LogP contribution in [-0.2, 0) is 23.0 Å². The number of nitrogens with zero attached hydrogens (tertiary/aromatic N) is 3. The molecular formula is C34H32FN5O2S. The minimum Gasteiger partial charge on any atom is -0.360 e. The molecule has 43 heavy (non-hydrogen) atoms. The van der Waals surface area contributed by atoms with Crippen LogP contribution in [0.25, 0.3) is 28.0 Å². The molecule has 7 nitrogen and oxygen atoms in total. The van der Waals surface area contributed by atoms with Gasteiger partial charge in [0.25, 0.3) is 0 Å². The van der Waals surface area contributed by atoms with E-state index in [0.29, 0.717) is 0 Å². The maximum absolute atomic E-state index is 13.6. The molecule has 6 rings (SSSR count). The molecular weight excluding hydrogens is 561 g/mol. The van der Waals surface area contributed by atoms with Crippen molar-refractivity contribution in [1.29, 1.82) is 0 Å². The highest BCUT2D eigenvalue weighted by atomic mass is 32.2. The van der Waals surface area contributed by atoms with Gasteiger partial charge in [-0.1, -0.05) is 24.3 Å².